The smallest absolute Gasteiger partial charge is 0.156 e. The lowest BCUT2D eigenvalue weighted by Crippen LogP contribution is -1.84. The van der Waals surface area contributed by atoms with Crippen molar-refractivity contribution in [3.63, 3.8) is 0 Å². The van der Waals surface area contributed by atoms with Crippen LogP contribution >= 0.6 is 34.2 Å². The van der Waals surface area contributed by atoms with E-state index in [1.807, 2.05) is 0 Å². The van der Waals surface area contributed by atoms with Crippen LogP contribution in [-0.4, -0.2) is 4.98 Å². The Morgan fingerprint density at radius 1 is 1.67 bits per heavy atom. The van der Waals surface area contributed by atoms with Crippen molar-refractivity contribution in [2.75, 3.05) is 0 Å². The van der Waals surface area contributed by atoms with Crippen molar-refractivity contribution in [2.45, 2.75) is 0 Å². The molecule has 1 aromatic heterocycles. The highest BCUT2D eigenvalue weighted by Gasteiger charge is 1.98. The van der Waals surface area contributed by atoms with Gasteiger partial charge in [0.1, 0.15) is 3.70 Å². The predicted molar refractivity (Wildman–Crippen MR) is 41.9 cm³/mol. The SMILES string of the molecule is Fc1cc(Cl)cnc1I. The second-order valence-electron chi connectivity index (χ2n) is 1.43. The van der Waals surface area contributed by atoms with Crippen molar-refractivity contribution < 1.29 is 4.39 Å². The molecule has 0 aromatic carbocycles. The summed E-state index contributed by atoms with van der Waals surface area (Å²) < 4.78 is 12.8. The molecule has 1 rings (SSSR count). The first kappa shape index (κ1) is 7.21. The maximum atomic E-state index is 12.4. The lowest BCUT2D eigenvalue weighted by Gasteiger charge is -1.90. The lowest BCUT2D eigenvalue weighted by molar-refractivity contribution is 0.612. The molecular weight excluding hydrogens is 255 g/mol. The zero-order valence-corrected chi connectivity index (χ0v) is 7.15. The van der Waals surface area contributed by atoms with Crippen molar-refractivity contribution in [2.24, 2.45) is 0 Å². The molecule has 1 aromatic rings. The second kappa shape index (κ2) is 2.79. The Labute approximate surface area is 70.4 Å². The summed E-state index contributed by atoms with van der Waals surface area (Å²) in [7, 11) is 0. The molecule has 0 saturated heterocycles. The fourth-order valence-electron chi connectivity index (χ4n) is 0.398. The second-order valence-corrected chi connectivity index (χ2v) is 2.88. The third-order valence-electron chi connectivity index (χ3n) is 0.763. The van der Waals surface area contributed by atoms with E-state index >= 15 is 0 Å². The first-order chi connectivity index (χ1) is 4.20. The summed E-state index contributed by atoms with van der Waals surface area (Å²) in [6.07, 6.45) is 1.41. The van der Waals surface area contributed by atoms with Gasteiger partial charge in [-0.15, -0.1) is 0 Å². The molecule has 0 aliphatic heterocycles. The molecule has 0 radical (unpaired) electrons. The van der Waals surface area contributed by atoms with Gasteiger partial charge in [-0.05, 0) is 28.7 Å². The minimum absolute atomic E-state index is 0.327. The Morgan fingerprint density at radius 2 is 2.33 bits per heavy atom. The molecule has 1 nitrogen and oxygen atoms in total. The average Bonchev–Trinajstić information content (AvgIpc) is 1.80. The number of nitrogens with zero attached hydrogens (tertiary/aromatic N) is 1. The van der Waals surface area contributed by atoms with E-state index in [9.17, 15) is 4.39 Å². The van der Waals surface area contributed by atoms with E-state index in [-0.39, 0.29) is 5.82 Å². The minimum atomic E-state index is -0.372. The van der Waals surface area contributed by atoms with Crippen LogP contribution in [0.4, 0.5) is 4.39 Å². The Bertz CT molecular complexity index is 228. The third kappa shape index (κ3) is 1.76. The largest absolute Gasteiger partial charge is 0.246 e. The summed E-state index contributed by atoms with van der Waals surface area (Å²) in [6.45, 7) is 0. The van der Waals surface area contributed by atoms with E-state index in [1.165, 1.54) is 12.3 Å². The van der Waals surface area contributed by atoms with E-state index < -0.39 is 0 Å². The van der Waals surface area contributed by atoms with E-state index in [0.717, 1.165) is 0 Å². The van der Waals surface area contributed by atoms with E-state index in [2.05, 4.69) is 4.98 Å². The number of rotatable bonds is 0. The zero-order chi connectivity index (χ0) is 6.85. The van der Waals surface area contributed by atoms with E-state index in [0.29, 0.717) is 8.72 Å². The quantitative estimate of drug-likeness (QED) is 0.514. The normalized spacial score (nSPS) is 9.67. The van der Waals surface area contributed by atoms with Crippen LogP contribution in [-0.2, 0) is 0 Å². The van der Waals surface area contributed by atoms with Crippen molar-refractivity contribution in [1.29, 1.82) is 0 Å². The topological polar surface area (TPSA) is 12.9 Å². The fraction of sp³-hybridized carbons (Fsp3) is 0. The van der Waals surface area contributed by atoms with Crippen LogP contribution in [0.25, 0.3) is 0 Å². The molecule has 0 amide bonds. The van der Waals surface area contributed by atoms with Crippen LogP contribution in [0.5, 0.6) is 0 Å². The third-order valence-corrected chi connectivity index (χ3v) is 1.76. The summed E-state index contributed by atoms with van der Waals surface area (Å²) in [5, 5.41) is 0.327. The molecule has 0 aliphatic carbocycles. The average molecular weight is 257 g/mol. The van der Waals surface area contributed by atoms with Gasteiger partial charge >= 0.3 is 0 Å². The Hall–Kier alpha value is 0.100. The molecule has 0 aliphatic rings. The zero-order valence-electron chi connectivity index (χ0n) is 4.24. The van der Waals surface area contributed by atoms with E-state index in [4.69, 9.17) is 11.6 Å². The van der Waals surface area contributed by atoms with Gasteiger partial charge in [-0.2, -0.15) is 0 Å². The molecule has 0 N–H and O–H groups in total. The van der Waals surface area contributed by atoms with Crippen molar-refractivity contribution in [1.82, 2.24) is 4.98 Å². The molecule has 48 valence electrons. The highest BCUT2D eigenvalue weighted by atomic mass is 127. The highest BCUT2D eigenvalue weighted by molar-refractivity contribution is 14.1. The molecule has 0 spiro atoms. The maximum Gasteiger partial charge on any atom is 0.156 e. The number of hydrogen-bond donors (Lipinski definition) is 0. The van der Waals surface area contributed by atoms with Crippen LogP contribution < -0.4 is 0 Å². The van der Waals surface area contributed by atoms with Gasteiger partial charge in [-0.1, -0.05) is 11.6 Å². The Morgan fingerprint density at radius 3 is 2.78 bits per heavy atom. The molecule has 0 saturated carbocycles. The van der Waals surface area contributed by atoms with Crippen LogP contribution in [0.1, 0.15) is 0 Å². The Kier molecular flexibility index (Phi) is 2.23. The van der Waals surface area contributed by atoms with Gasteiger partial charge < -0.3 is 0 Å². The first-order valence-corrected chi connectivity index (χ1v) is 3.62. The monoisotopic (exact) mass is 257 g/mol. The molecule has 0 atom stereocenters. The number of hydrogen-bond acceptors (Lipinski definition) is 1. The van der Waals surface area contributed by atoms with E-state index in [1.54, 1.807) is 22.6 Å². The predicted octanol–water partition coefficient (Wildman–Crippen LogP) is 2.48. The van der Waals surface area contributed by atoms with Crippen molar-refractivity contribution in [3.05, 3.63) is 26.8 Å². The minimum Gasteiger partial charge on any atom is -0.246 e. The van der Waals surface area contributed by atoms with Gasteiger partial charge in [-0.3, -0.25) is 0 Å². The number of halogens is 3. The van der Waals surface area contributed by atoms with Crippen LogP contribution in [0.15, 0.2) is 12.3 Å². The maximum absolute atomic E-state index is 12.4. The van der Waals surface area contributed by atoms with Gasteiger partial charge in [0.15, 0.2) is 5.82 Å². The van der Waals surface area contributed by atoms with Crippen LogP contribution in [0.3, 0.4) is 0 Å². The van der Waals surface area contributed by atoms with Crippen LogP contribution in [0.2, 0.25) is 5.02 Å². The summed E-state index contributed by atoms with van der Waals surface area (Å²) in [6, 6.07) is 1.23. The standard InChI is InChI=1S/C5H2ClFIN/c6-3-1-4(7)5(8)9-2-3/h1-2H. The molecule has 0 bridgehead atoms. The fourth-order valence-corrected chi connectivity index (χ4v) is 0.837. The Balaban J connectivity index is 3.17. The lowest BCUT2D eigenvalue weighted by atomic mass is 10.5. The number of pyridine rings is 1. The molecule has 0 unspecified atom stereocenters. The van der Waals surface area contributed by atoms with Crippen molar-refractivity contribution >= 4 is 34.2 Å². The highest BCUT2D eigenvalue weighted by Crippen LogP contribution is 2.12. The van der Waals surface area contributed by atoms with Crippen LogP contribution in [0, 0.1) is 9.52 Å². The molecule has 9 heavy (non-hydrogen) atoms. The molecular formula is C5H2ClFIN. The summed E-state index contributed by atoms with van der Waals surface area (Å²) in [5.74, 6) is -0.372. The van der Waals surface area contributed by atoms with Crippen molar-refractivity contribution in [3.8, 4) is 0 Å². The molecule has 1 heterocycles. The summed E-state index contributed by atoms with van der Waals surface area (Å²) in [4.78, 5) is 3.66. The number of aromatic nitrogens is 1. The van der Waals surface area contributed by atoms with Gasteiger partial charge in [0.2, 0.25) is 0 Å². The molecule has 4 heteroatoms. The van der Waals surface area contributed by atoms with Gasteiger partial charge in [0.25, 0.3) is 0 Å². The summed E-state index contributed by atoms with van der Waals surface area (Å²) in [5.41, 5.74) is 0. The first-order valence-electron chi connectivity index (χ1n) is 2.16. The van der Waals surface area contributed by atoms with Gasteiger partial charge in [-0.25, -0.2) is 9.37 Å². The summed E-state index contributed by atoms with van der Waals surface area (Å²) >= 11 is 7.21. The van der Waals surface area contributed by atoms with Gasteiger partial charge in [0, 0.05) is 6.20 Å². The van der Waals surface area contributed by atoms with Gasteiger partial charge in [0.05, 0.1) is 5.02 Å². The molecule has 0 fully saturated rings.